The minimum Gasteiger partial charge on any atom is -0.309 e. The van der Waals surface area contributed by atoms with Crippen LogP contribution in [0.25, 0.3) is 0 Å². The second-order valence-electron chi connectivity index (χ2n) is 7.11. The first kappa shape index (κ1) is 17.4. The maximum Gasteiger partial charge on any atom is 0.240 e. The molecule has 6 heteroatoms. The van der Waals surface area contributed by atoms with Gasteiger partial charge >= 0.3 is 0 Å². The lowest BCUT2D eigenvalue weighted by Gasteiger charge is -2.32. The van der Waals surface area contributed by atoms with Crippen LogP contribution in [0.1, 0.15) is 52.0 Å². The number of anilines is 1. The fraction of sp³-hybridized carbons (Fsp3) is 0.611. The van der Waals surface area contributed by atoms with Gasteiger partial charge in [-0.05, 0) is 63.3 Å². The fourth-order valence-corrected chi connectivity index (χ4v) is 4.76. The first-order valence-corrected chi connectivity index (χ1v) is 10.3. The highest BCUT2D eigenvalue weighted by atomic mass is 32.2. The molecule has 1 aliphatic carbocycles. The van der Waals surface area contributed by atoms with Crippen molar-refractivity contribution >= 4 is 21.6 Å². The molecular weight excluding hydrogens is 324 g/mol. The van der Waals surface area contributed by atoms with Crippen LogP contribution in [-0.4, -0.2) is 26.4 Å². The van der Waals surface area contributed by atoms with E-state index >= 15 is 0 Å². The van der Waals surface area contributed by atoms with Crippen molar-refractivity contribution in [2.24, 2.45) is 5.92 Å². The van der Waals surface area contributed by atoms with E-state index in [4.69, 9.17) is 0 Å². The monoisotopic (exact) mass is 350 g/mol. The predicted octanol–water partition coefficient (Wildman–Crippen LogP) is 2.84. The molecule has 1 N–H and O–H groups in total. The Morgan fingerprint density at radius 2 is 2.08 bits per heavy atom. The molecule has 0 radical (unpaired) electrons. The van der Waals surface area contributed by atoms with Crippen molar-refractivity contribution in [2.75, 3.05) is 4.90 Å². The zero-order valence-electron chi connectivity index (χ0n) is 14.6. The number of nitrogens with zero attached hydrogens (tertiary/aromatic N) is 1. The Morgan fingerprint density at radius 3 is 2.67 bits per heavy atom. The molecule has 0 bridgehead atoms. The summed E-state index contributed by atoms with van der Waals surface area (Å²) in [6, 6.07) is 5.13. The zero-order chi connectivity index (χ0) is 17.5. The van der Waals surface area contributed by atoms with Crippen molar-refractivity contribution in [1.29, 1.82) is 0 Å². The summed E-state index contributed by atoms with van der Waals surface area (Å²) < 4.78 is 27.6. The highest BCUT2D eigenvalue weighted by Gasteiger charge is 2.37. The molecule has 1 amide bonds. The number of hydrogen-bond donors (Lipinski definition) is 1. The van der Waals surface area contributed by atoms with Crippen LogP contribution in [0.4, 0.5) is 5.69 Å². The maximum atomic E-state index is 12.7. The summed E-state index contributed by atoms with van der Waals surface area (Å²) in [6.07, 6.45) is 4.53. The van der Waals surface area contributed by atoms with E-state index in [0.29, 0.717) is 6.42 Å². The van der Waals surface area contributed by atoms with E-state index in [0.717, 1.165) is 36.9 Å². The summed E-state index contributed by atoms with van der Waals surface area (Å²) >= 11 is 0. The van der Waals surface area contributed by atoms with E-state index in [2.05, 4.69) is 4.72 Å². The average molecular weight is 350 g/mol. The Bertz CT molecular complexity index is 741. The third-order valence-electron chi connectivity index (χ3n) is 5.24. The standard InChI is InChI=1S/C18H26N2O3S/c1-4-12(2)19-24(22,23)16-8-9-17-15(11-16)10-13(3)20(17)18(21)14-6-5-7-14/h8-9,11-14,19H,4-7,10H2,1-3H3. The zero-order valence-corrected chi connectivity index (χ0v) is 15.4. The van der Waals surface area contributed by atoms with Gasteiger partial charge in [-0.3, -0.25) is 4.79 Å². The van der Waals surface area contributed by atoms with Crippen molar-refractivity contribution in [2.45, 2.75) is 69.9 Å². The lowest BCUT2D eigenvalue weighted by molar-refractivity contribution is -0.125. The predicted molar refractivity (Wildman–Crippen MR) is 94.5 cm³/mol. The van der Waals surface area contributed by atoms with Gasteiger partial charge in [0.1, 0.15) is 0 Å². The van der Waals surface area contributed by atoms with Crippen LogP contribution in [0.5, 0.6) is 0 Å². The summed E-state index contributed by atoms with van der Waals surface area (Å²) in [7, 11) is -3.51. The molecular formula is C18H26N2O3S. The number of rotatable bonds is 5. The maximum absolute atomic E-state index is 12.7. The molecule has 0 aromatic heterocycles. The van der Waals surface area contributed by atoms with Crippen LogP contribution in [0.3, 0.4) is 0 Å². The number of carbonyl (C=O) groups is 1. The largest absolute Gasteiger partial charge is 0.309 e. The Morgan fingerprint density at radius 1 is 1.38 bits per heavy atom. The molecule has 24 heavy (non-hydrogen) atoms. The summed E-state index contributed by atoms with van der Waals surface area (Å²) in [4.78, 5) is 14.8. The van der Waals surface area contributed by atoms with Crippen LogP contribution in [0, 0.1) is 5.92 Å². The lowest BCUT2D eigenvalue weighted by Crippen LogP contribution is -2.42. The molecule has 5 nitrogen and oxygen atoms in total. The number of nitrogens with one attached hydrogen (secondary N) is 1. The number of carbonyl (C=O) groups excluding carboxylic acids is 1. The number of amides is 1. The first-order valence-electron chi connectivity index (χ1n) is 8.81. The lowest BCUT2D eigenvalue weighted by atomic mass is 9.84. The van der Waals surface area contributed by atoms with E-state index < -0.39 is 10.0 Å². The van der Waals surface area contributed by atoms with Crippen molar-refractivity contribution in [3.05, 3.63) is 23.8 Å². The van der Waals surface area contributed by atoms with Gasteiger partial charge in [-0.1, -0.05) is 13.3 Å². The van der Waals surface area contributed by atoms with Crippen LogP contribution in [0.2, 0.25) is 0 Å². The summed E-state index contributed by atoms with van der Waals surface area (Å²) in [6.45, 7) is 5.83. The minimum atomic E-state index is -3.51. The molecule has 0 saturated heterocycles. The molecule has 2 aliphatic rings. The van der Waals surface area contributed by atoms with Gasteiger partial charge in [0.15, 0.2) is 0 Å². The van der Waals surface area contributed by atoms with E-state index in [1.54, 1.807) is 18.2 Å². The molecule has 2 unspecified atom stereocenters. The van der Waals surface area contributed by atoms with Gasteiger partial charge in [0.25, 0.3) is 0 Å². The molecule has 1 fully saturated rings. The SMILES string of the molecule is CCC(C)NS(=O)(=O)c1ccc2c(c1)CC(C)N2C(=O)C1CCC1. The van der Waals surface area contributed by atoms with Gasteiger partial charge in [0, 0.05) is 23.7 Å². The van der Waals surface area contributed by atoms with E-state index in [9.17, 15) is 13.2 Å². The second-order valence-corrected chi connectivity index (χ2v) is 8.82. The molecule has 132 valence electrons. The highest BCUT2D eigenvalue weighted by Crippen LogP contribution is 2.38. The van der Waals surface area contributed by atoms with Crippen molar-refractivity contribution in [3.63, 3.8) is 0 Å². The second kappa shape index (κ2) is 6.48. The summed E-state index contributed by atoms with van der Waals surface area (Å²) in [5.74, 6) is 0.342. The minimum absolute atomic E-state index is 0.0913. The molecule has 2 atom stereocenters. The smallest absolute Gasteiger partial charge is 0.240 e. The van der Waals surface area contributed by atoms with Gasteiger partial charge in [-0.25, -0.2) is 13.1 Å². The van der Waals surface area contributed by atoms with Crippen LogP contribution in [0.15, 0.2) is 23.1 Å². The third kappa shape index (κ3) is 3.09. The normalized spacial score (nSPS) is 22.1. The van der Waals surface area contributed by atoms with Crippen LogP contribution < -0.4 is 9.62 Å². The van der Waals surface area contributed by atoms with Gasteiger partial charge < -0.3 is 4.90 Å². The molecule has 1 saturated carbocycles. The van der Waals surface area contributed by atoms with E-state index in [1.807, 2.05) is 25.7 Å². The Kier molecular flexibility index (Phi) is 4.71. The number of sulfonamides is 1. The molecule has 3 rings (SSSR count). The topological polar surface area (TPSA) is 66.5 Å². The molecule has 1 aromatic rings. The first-order chi connectivity index (χ1) is 11.3. The van der Waals surface area contributed by atoms with Gasteiger partial charge in [-0.15, -0.1) is 0 Å². The number of hydrogen-bond acceptors (Lipinski definition) is 3. The van der Waals surface area contributed by atoms with E-state index in [-0.39, 0.29) is 28.8 Å². The van der Waals surface area contributed by atoms with E-state index in [1.165, 1.54) is 0 Å². The van der Waals surface area contributed by atoms with Gasteiger partial charge in [0.2, 0.25) is 15.9 Å². The number of benzene rings is 1. The number of fused-ring (bicyclic) bond motifs is 1. The molecule has 1 heterocycles. The van der Waals surface area contributed by atoms with Crippen molar-refractivity contribution in [1.82, 2.24) is 4.72 Å². The quantitative estimate of drug-likeness (QED) is 0.888. The van der Waals surface area contributed by atoms with Crippen molar-refractivity contribution in [3.8, 4) is 0 Å². The Balaban J connectivity index is 1.87. The van der Waals surface area contributed by atoms with Crippen LogP contribution in [-0.2, 0) is 21.2 Å². The van der Waals surface area contributed by atoms with Gasteiger partial charge in [-0.2, -0.15) is 0 Å². The molecule has 0 spiro atoms. The highest BCUT2D eigenvalue weighted by molar-refractivity contribution is 7.89. The summed E-state index contributed by atoms with van der Waals surface area (Å²) in [5, 5.41) is 0. The molecule has 1 aromatic carbocycles. The summed E-state index contributed by atoms with van der Waals surface area (Å²) in [5.41, 5.74) is 1.82. The Hall–Kier alpha value is -1.40. The van der Waals surface area contributed by atoms with Crippen molar-refractivity contribution < 1.29 is 13.2 Å². The Labute approximate surface area is 144 Å². The third-order valence-corrected chi connectivity index (χ3v) is 6.82. The van der Waals surface area contributed by atoms with Gasteiger partial charge in [0.05, 0.1) is 4.90 Å². The molecule has 1 aliphatic heterocycles. The fourth-order valence-electron chi connectivity index (χ4n) is 3.38. The average Bonchev–Trinajstić information content (AvgIpc) is 2.79. The van der Waals surface area contributed by atoms with Crippen LogP contribution >= 0.6 is 0 Å².